The summed E-state index contributed by atoms with van der Waals surface area (Å²) >= 11 is 5.83. The minimum Gasteiger partial charge on any atom is -0.350 e. The third-order valence-electron chi connectivity index (χ3n) is 2.52. The monoisotopic (exact) mass is 290 g/mol. The first-order valence-electron chi connectivity index (χ1n) is 5.14. The summed E-state index contributed by atoms with van der Waals surface area (Å²) in [5, 5.41) is 2.62. The molecule has 7 heteroatoms. The van der Waals surface area contributed by atoms with Gasteiger partial charge >= 0.3 is 0 Å². The number of hydrogen-bond acceptors (Lipinski definition) is 2. The van der Waals surface area contributed by atoms with Gasteiger partial charge in [-0.1, -0.05) is 17.7 Å². The molecule has 1 N–H and O–H groups in total. The average molecular weight is 291 g/mol. The number of aromatic nitrogens is 1. The van der Waals surface area contributed by atoms with Gasteiger partial charge in [0.05, 0.1) is 0 Å². The highest BCUT2D eigenvalue weighted by Crippen LogP contribution is 2.30. The minimum absolute atomic E-state index is 0.232. The summed E-state index contributed by atoms with van der Waals surface area (Å²) in [6.45, 7) is 1.59. The lowest BCUT2D eigenvalue weighted by molar-refractivity contribution is 0.411. The van der Waals surface area contributed by atoms with Crippen molar-refractivity contribution in [1.29, 1.82) is 0 Å². The molecule has 0 aliphatic heterocycles. The highest BCUT2D eigenvalue weighted by molar-refractivity contribution is 6.31. The topological polar surface area (TPSA) is 24.9 Å². The number of pyridine rings is 1. The second-order valence-corrected chi connectivity index (χ2v) is 4.14. The van der Waals surface area contributed by atoms with Crippen molar-refractivity contribution in [2.75, 3.05) is 5.32 Å². The van der Waals surface area contributed by atoms with Crippen LogP contribution in [-0.4, -0.2) is 4.98 Å². The molecule has 100 valence electrons. The zero-order chi connectivity index (χ0) is 14.2. The fourth-order valence-electron chi connectivity index (χ4n) is 1.47. The van der Waals surface area contributed by atoms with Gasteiger partial charge in [-0.15, -0.1) is 0 Å². The van der Waals surface area contributed by atoms with Gasteiger partial charge in [0, 0.05) is 10.7 Å². The first kappa shape index (κ1) is 13.6. The van der Waals surface area contributed by atoms with E-state index >= 15 is 0 Å². The zero-order valence-electron chi connectivity index (χ0n) is 9.57. The number of benzene rings is 1. The molecule has 0 spiro atoms. The highest BCUT2D eigenvalue weighted by atomic mass is 35.5. The van der Waals surface area contributed by atoms with E-state index < -0.39 is 29.2 Å². The van der Waals surface area contributed by atoms with Crippen molar-refractivity contribution in [3.05, 3.63) is 52.3 Å². The Hall–Kier alpha value is -1.82. The van der Waals surface area contributed by atoms with Crippen LogP contribution in [0.2, 0.25) is 5.02 Å². The van der Waals surface area contributed by atoms with Crippen molar-refractivity contribution >= 4 is 23.0 Å². The van der Waals surface area contributed by atoms with E-state index in [-0.39, 0.29) is 5.69 Å². The summed E-state index contributed by atoms with van der Waals surface area (Å²) in [5.41, 5.74) is -0.230. The summed E-state index contributed by atoms with van der Waals surface area (Å²) in [5.74, 6) is -6.64. The van der Waals surface area contributed by atoms with Gasteiger partial charge in [-0.05, 0) is 24.6 Å². The lowest BCUT2D eigenvalue weighted by atomic mass is 10.2. The lowest BCUT2D eigenvalue weighted by Gasteiger charge is -2.12. The van der Waals surface area contributed by atoms with E-state index in [1.165, 1.54) is 12.1 Å². The van der Waals surface area contributed by atoms with Crippen LogP contribution < -0.4 is 5.32 Å². The number of nitrogens with zero attached hydrogens (tertiary/aromatic N) is 1. The molecule has 0 radical (unpaired) electrons. The summed E-state index contributed by atoms with van der Waals surface area (Å²) < 4.78 is 52.7. The number of rotatable bonds is 2. The molecular formula is C12H7ClF4N2. The van der Waals surface area contributed by atoms with E-state index in [2.05, 4.69) is 10.3 Å². The predicted molar refractivity (Wildman–Crippen MR) is 63.5 cm³/mol. The molecule has 0 aliphatic carbocycles. The molecule has 1 heterocycles. The van der Waals surface area contributed by atoms with Gasteiger partial charge in [-0.3, -0.25) is 0 Å². The maximum atomic E-state index is 13.4. The van der Waals surface area contributed by atoms with Crippen LogP contribution in [0.1, 0.15) is 5.56 Å². The second kappa shape index (κ2) is 5.05. The molecule has 19 heavy (non-hydrogen) atoms. The van der Waals surface area contributed by atoms with Crippen molar-refractivity contribution in [3.8, 4) is 0 Å². The van der Waals surface area contributed by atoms with Gasteiger partial charge in [0.15, 0.2) is 0 Å². The summed E-state index contributed by atoms with van der Waals surface area (Å²) in [6.07, 6.45) is 0. The second-order valence-electron chi connectivity index (χ2n) is 3.73. The molecule has 2 nitrogen and oxygen atoms in total. The van der Waals surface area contributed by atoms with Gasteiger partial charge in [-0.2, -0.15) is 22.5 Å². The van der Waals surface area contributed by atoms with Gasteiger partial charge in [0.1, 0.15) is 5.69 Å². The number of hydrogen-bond donors (Lipinski definition) is 1. The molecule has 0 amide bonds. The third-order valence-corrected chi connectivity index (χ3v) is 2.93. The van der Waals surface area contributed by atoms with Crippen molar-refractivity contribution in [3.63, 3.8) is 0 Å². The van der Waals surface area contributed by atoms with Crippen molar-refractivity contribution in [2.45, 2.75) is 6.92 Å². The number of anilines is 2. The molecule has 0 bridgehead atoms. The summed E-state index contributed by atoms with van der Waals surface area (Å²) in [4.78, 5) is 2.47. The van der Waals surface area contributed by atoms with Gasteiger partial charge in [0.2, 0.25) is 11.6 Å². The van der Waals surface area contributed by atoms with E-state index in [9.17, 15) is 17.6 Å². The SMILES string of the molecule is Cc1c(Cl)cccc1Nc1c(F)c(F)nc(F)c1F. The fourth-order valence-corrected chi connectivity index (χ4v) is 1.65. The Morgan fingerprint density at radius 1 is 1.05 bits per heavy atom. The van der Waals surface area contributed by atoms with Crippen LogP contribution in [0.3, 0.4) is 0 Å². The molecule has 0 saturated carbocycles. The van der Waals surface area contributed by atoms with Crippen LogP contribution in [0.25, 0.3) is 0 Å². The standard InChI is InChI=1S/C12H7ClF4N2/c1-5-6(13)3-2-4-7(5)18-10-8(14)11(16)19-12(17)9(10)15/h2-4H,1H3,(H,18,19). The normalized spacial score (nSPS) is 10.6. The van der Waals surface area contributed by atoms with Crippen LogP contribution in [0.5, 0.6) is 0 Å². The number of nitrogens with one attached hydrogen (secondary N) is 1. The Bertz CT molecular complexity index is 620. The van der Waals surface area contributed by atoms with Crippen LogP contribution >= 0.6 is 11.6 Å². The van der Waals surface area contributed by atoms with Crippen molar-refractivity contribution in [2.24, 2.45) is 0 Å². The zero-order valence-corrected chi connectivity index (χ0v) is 10.3. The van der Waals surface area contributed by atoms with E-state index in [1.807, 2.05) is 0 Å². The molecule has 1 aromatic heterocycles. The number of halogens is 5. The largest absolute Gasteiger partial charge is 0.350 e. The molecule has 0 unspecified atom stereocenters. The van der Waals surface area contributed by atoms with Gasteiger partial charge < -0.3 is 5.32 Å². The van der Waals surface area contributed by atoms with E-state index in [4.69, 9.17) is 11.6 Å². The quantitative estimate of drug-likeness (QED) is 0.657. The Balaban J connectivity index is 2.52. The Morgan fingerprint density at radius 3 is 2.21 bits per heavy atom. The lowest BCUT2D eigenvalue weighted by Crippen LogP contribution is -2.06. The van der Waals surface area contributed by atoms with Crippen molar-refractivity contribution < 1.29 is 17.6 Å². The molecule has 0 atom stereocenters. The Kier molecular flexibility index (Phi) is 3.61. The first-order chi connectivity index (χ1) is 8.91. The van der Waals surface area contributed by atoms with E-state index in [0.717, 1.165) is 0 Å². The molecule has 2 rings (SSSR count). The van der Waals surface area contributed by atoms with Gasteiger partial charge in [0.25, 0.3) is 11.9 Å². The van der Waals surface area contributed by atoms with Crippen LogP contribution in [0.4, 0.5) is 28.9 Å². The molecular weight excluding hydrogens is 284 g/mol. The third kappa shape index (κ3) is 2.49. The molecule has 0 saturated heterocycles. The van der Waals surface area contributed by atoms with Crippen molar-refractivity contribution in [1.82, 2.24) is 4.98 Å². The van der Waals surface area contributed by atoms with Crippen LogP contribution in [-0.2, 0) is 0 Å². The predicted octanol–water partition coefficient (Wildman–Crippen LogP) is 4.34. The van der Waals surface area contributed by atoms with E-state index in [0.29, 0.717) is 10.6 Å². The summed E-state index contributed by atoms with van der Waals surface area (Å²) in [7, 11) is 0. The van der Waals surface area contributed by atoms with Crippen LogP contribution in [0.15, 0.2) is 18.2 Å². The fraction of sp³-hybridized carbons (Fsp3) is 0.0833. The molecule has 0 fully saturated rings. The molecule has 0 aliphatic rings. The first-order valence-corrected chi connectivity index (χ1v) is 5.51. The Labute approximate surface area is 111 Å². The Morgan fingerprint density at radius 2 is 1.63 bits per heavy atom. The van der Waals surface area contributed by atoms with E-state index in [1.54, 1.807) is 13.0 Å². The molecule has 1 aromatic carbocycles. The molecule has 2 aromatic rings. The minimum atomic E-state index is -1.72. The maximum Gasteiger partial charge on any atom is 0.253 e. The highest BCUT2D eigenvalue weighted by Gasteiger charge is 2.21. The smallest absolute Gasteiger partial charge is 0.253 e. The summed E-state index contributed by atoms with van der Waals surface area (Å²) in [6, 6.07) is 4.57. The maximum absolute atomic E-state index is 13.4. The average Bonchev–Trinajstić information content (AvgIpc) is 2.37. The van der Waals surface area contributed by atoms with Gasteiger partial charge in [-0.25, -0.2) is 0 Å². The van der Waals surface area contributed by atoms with Crippen LogP contribution in [0, 0.1) is 30.5 Å².